The van der Waals surface area contributed by atoms with Crippen LogP contribution in [0.25, 0.3) is 0 Å². The van der Waals surface area contributed by atoms with Crippen LogP contribution in [-0.2, 0) is 19.6 Å². The summed E-state index contributed by atoms with van der Waals surface area (Å²) >= 11 is 0. The quantitative estimate of drug-likeness (QED) is 0.546. The number of sulfonamides is 1. The number of carbonyl (C=O) groups excluding carboxylic acids is 3. The van der Waals surface area contributed by atoms with E-state index in [2.05, 4.69) is 5.32 Å². The van der Waals surface area contributed by atoms with Crippen molar-refractivity contribution in [3.8, 4) is 0 Å². The first-order chi connectivity index (χ1) is 13.5. The third-order valence-electron chi connectivity index (χ3n) is 4.04. The van der Waals surface area contributed by atoms with Gasteiger partial charge in [0.05, 0.1) is 10.5 Å². The number of ketones is 1. The number of hydrogen-bond acceptors (Lipinski definition) is 6. The molecule has 1 atom stereocenters. The molecule has 0 radical (unpaired) electrons. The van der Waals surface area contributed by atoms with E-state index in [1.165, 1.54) is 58.3 Å². The fourth-order valence-corrected chi connectivity index (χ4v) is 3.28. The third kappa shape index (κ3) is 5.49. The molecule has 2 aromatic rings. The van der Waals surface area contributed by atoms with Crippen LogP contribution in [-0.4, -0.2) is 50.6 Å². The Hall–Kier alpha value is -3.04. The average molecular weight is 418 g/mol. The maximum absolute atomic E-state index is 12.3. The molecule has 0 aliphatic rings. The van der Waals surface area contributed by atoms with E-state index in [0.29, 0.717) is 11.3 Å². The van der Waals surface area contributed by atoms with Gasteiger partial charge in [-0.3, -0.25) is 9.59 Å². The Balaban J connectivity index is 2.10. The van der Waals surface area contributed by atoms with Crippen molar-refractivity contribution in [2.24, 2.45) is 0 Å². The van der Waals surface area contributed by atoms with Gasteiger partial charge in [-0.05, 0) is 44.2 Å². The minimum atomic E-state index is -3.71. The Morgan fingerprint density at radius 1 is 1.00 bits per heavy atom. The molecule has 0 heterocycles. The molecule has 8 nitrogen and oxygen atoms in total. The first-order valence-corrected chi connectivity index (χ1v) is 10.1. The maximum Gasteiger partial charge on any atom is 0.338 e. The number of ether oxygens (including phenoxy) is 1. The van der Waals surface area contributed by atoms with Gasteiger partial charge in [0.25, 0.3) is 5.91 Å². The van der Waals surface area contributed by atoms with E-state index in [4.69, 9.17) is 4.74 Å². The number of hydrogen-bond donors (Lipinski definition) is 1. The molecule has 2 aromatic carbocycles. The van der Waals surface area contributed by atoms with E-state index in [1.807, 2.05) is 0 Å². The van der Waals surface area contributed by atoms with E-state index in [1.54, 1.807) is 18.2 Å². The zero-order valence-electron chi connectivity index (χ0n) is 16.5. The zero-order valence-corrected chi connectivity index (χ0v) is 17.3. The molecule has 0 aromatic heterocycles. The van der Waals surface area contributed by atoms with Gasteiger partial charge < -0.3 is 10.1 Å². The summed E-state index contributed by atoms with van der Waals surface area (Å²) in [6, 6.07) is 11.8. The van der Waals surface area contributed by atoms with Crippen LogP contribution in [0.15, 0.2) is 53.4 Å². The van der Waals surface area contributed by atoms with Gasteiger partial charge in [0, 0.05) is 25.3 Å². The van der Waals surface area contributed by atoms with Crippen molar-refractivity contribution < 1.29 is 27.5 Å². The summed E-state index contributed by atoms with van der Waals surface area (Å²) in [4.78, 5) is 36.0. The molecular formula is C20H22N2O6S. The van der Waals surface area contributed by atoms with Crippen molar-refractivity contribution in [3.63, 3.8) is 0 Å². The highest BCUT2D eigenvalue weighted by molar-refractivity contribution is 7.89. The Bertz CT molecular complexity index is 1050. The molecule has 1 amide bonds. The molecule has 9 heteroatoms. The van der Waals surface area contributed by atoms with Gasteiger partial charge in [-0.25, -0.2) is 17.5 Å². The number of esters is 1. The first kappa shape index (κ1) is 22.3. The van der Waals surface area contributed by atoms with Crippen molar-refractivity contribution in [2.45, 2.75) is 24.8 Å². The summed E-state index contributed by atoms with van der Waals surface area (Å²) in [5.41, 5.74) is 0.835. The van der Waals surface area contributed by atoms with Crippen LogP contribution in [0.3, 0.4) is 0 Å². The molecule has 0 unspecified atom stereocenters. The molecule has 0 bridgehead atoms. The summed E-state index contributed by atoms with van der Waals surface area (Å²) in [7, 11) is -0.945. The third-order valence-corrected chi connectivity index (χ3v) is 5.85. The van der Waals surface area contributed by atoms with Crippen molar-refractivity contribution in [1.29, 1.82) is 0 Å². The highest BCUT2D eigenvalue weighted by Gasteiger charge is 2.22. The average Bonchev–Trinajstić information content (AvgIpc) is 2.67. The van der Waals surface area contributed by atoms with Gasteiger partial charge in [-0.2, -0.15) is 0 Å². The molecule has 0 spiro atoms. The minimum absolute atomic E-state index is 0.00570. The van der Waals surface area contributed by atoms with Gasteiger partial charge in [-0.1, -0.05) is 18.2 Å². The molecular weight excluding hydrogens is 396 g/mol. The van der Waals surface area contributed by atoms with E-state index in [0.717, 1.165) is 4.31 Å². The van der Waals surface area contributed by atoms with Crippen molar-refractivity contribution in [1.82, 2.24) is 4.31 Å². The van der Waals surface area contributed by atoms with Crippen LogP contribution in [0.2, 0.25) is 0 Å². The van der Waals surface area contributed by atoms with E-state index < -0.39 is 28.0 Å². The highest BCUT2D eigenvalue weighted by atomic mass is 32.2. The number of nitrogens with one attached hydrogen (secondary N) is 1. The molecule has 0 saturated heterocycles. The standard InChI is InChI=1S/C20H22N2O6S/c1-13(23)15-7-5-9-17(11-15)21-19(24)14(2)28-20(25)16-8-6-10-18(12-16)29(26,27)22(3)4/h5-12,14H,1-4H3,(H,21,24)/t14-/m1/s1. The van der Waals surface area contributed by atoms with Gasteiger partial charge >= 0.3 is 5.97 Å². The topological polar surface area (TPSA) is 110 Å². The first-order valence-electron chi connectivity index (χ1n) is 8.68. The fourth-order valence-electron chi connectivity index (χ4n) is 2.34. The molecule has 1 N–H and O–H groups in total. The van der Waals surface area contributed by atoms with E-state index in [-0.39, 0.29) is 16.2 Å². The van der Waals surface area contributed by atoms with Gasteiger partial charge in [0.15, 0.2) is 11.9 Å². The normalized spacial score (nSPS) is 12.3. The predicted molar refractivity (Wildman–Crippen MR) is 107 cm³/mol. The lowest BCUT2D eigenvalue weighted by molar-refractivity contribution is -0.123. The van der Waals surface area contributed by atoms with Crippen LogP contribution in [0.4, 0.5) is 5.69 Å². The highest BCUT2D eigenvalue weighted by Crippen LogP contribution is 2.17. The molecule has 0 aliphatic heterocycles. The number of carbonyl (C=O) groups is 3. The summed E-state index contributed by atoms with van der Waals surface area (Å²) in [5, 5.41) is 2.57. The van der Waals surface area contributed by atoms with Gasteiger partial charge in [-0.15, -0.1) is 0 Å². The molecule has 0 saturated carbocycles. The summed E-state index contributed by atoms with van der Waals surface area (Å²) in [5.74, 6) is -1.56. The largest absolute Gasteiger partial charge is 0.449 e. The SMILES string of the molecule is CC(=O)c1cccc(NC(=O)[C@@H](C)OC(=O)c2cccc(S(=O)(=O)N(C)C)c2)c1. The fraction of sp³-hybridized carbons (Fsp3) is 0.250. The molecule has 2 rings (SSSR count). The van der Waals surface area contributed by atoms with Gasteiger partial charge in [0.1, 0.15) is 0 Å². The Morgan fingerprint density at radius 3 is 2.24 bits per heavy atom. The lowest BCUT2D eigenvalue weighted by Crippen LogP contribution is -2.30. The number of amides is 1. The van der Waals surface area contributed by atoms with Crippen LogP contribution < -0.4 is 5.32 Å². The number of nitrogens with zero attached hydrogens (tertiary/aromatic N) is 1. The maximum atomic E-state index is 12.3. The minimum Gasteiger partial charge on any atom is -0.449 e. The smallest absolute Gasteiger partial charge is 0.338 e. The lowest BCUT2D eigenvalue weighted by atomic mass is 10.1. The monoisotopic (exact) mass is 418 g/mol. The Morgan fingerprint density at radius 2 is 1.62 bits per heavy atom. The molecule has 0 fully saturated rings. The number of anilines is 1. The van der Waals surface area contributed by atoms with E-state index >= 15 is 0 Å². The lowest BCUT2D eigenvalue weighted by Gasteiger charge is -2.15. The number of benzene rings is 2. The second-order valence-corrected chi connectivity index (χ2v) is 8.64. The summed E-state index contributed by atoms with van der Waals surface area (Å²) in [6.07, 6.45) is -1.14. The molecule has 0 aliphatic carbocycles. The molecule has 154 valence electrons. The summed E-state index contributed by atoms with van der Waals surface area (Å²) in [6.45, 7) is 2.80. The van der Waals surface area contributed by atoms with Gasteiger partial charge in [0.2, 0.25) is 10.0 Å². The van der Waals surface area contributed by atoms with Crippen LogP contribution >= 0.6 is 0 Å². The van der Waals surface area contributed by atoms with Crippen molar-refractivity contribution in [3.05, 3.63) is 59.7 Å². The van der Waals surface area contributed by atoms with Crippen molar-refractivity contribution in [2.75, 3.05) is 19.4 Å². The number of rotatable bonds is 7. The van der Waals surface area contributed by atoms with Crippen molar-refractivity contribution >= 4 is 33.4 Å². The van der Waals surface area contributed by atoms with E-state index in [9.17, 15) is 22.8 Å². The molecule has 29 heavy (non-hydrogen) atoms. The Labute approximate surface area is 169 Å². The zero-order chi connectivity index (χ0) is 21.8. The summed E-state index contributed by atoms with van der Waals surface area (Å²) < 4.78 is 30.6. The predicted octanol–water partition coefficient (Wildman–Crippen LogP) is 2.32. The Kier molecular flexibility index (Phi) is 6.89. The van der Waals surface area contributed by atoms with Crippen LogP contribution in [0.1, 0.15) is 34.6 Å². The second kappa shape index (κ2) is 8.97. The number of Topliss-reactive ketones (excluding diaryl/α,β-unsaturated/α-hetero) is 1. The van der Waals surface area contributed by atoms with Crippen LogP contribution in [0, 0.1) is 0 Å². The van der Waals surface area contributed by atoms with Crippen LogP contribution in [0.5, 0.6) is 0 Å². The second-order valence-electron chi connectivity index (χ2n) is 6.49.